The molecule has 6 rings (SSSR count). The van der Waals surface area contributed by atoms with Crippen molar-refractivity contribution in [2.24, 2.45) is 11.3 Å². The van der Waals surface area contributed by atoms with Gasteiger partial charge in [0, 0.05) is 23.2 Å². The fourth-order valence-electron chi connectivity index (χ4n) is 4.89. The summed E-state index contributed by atoms with van der Waals surface area (Å²) >= 11 is 0. The minimum Gasteiger partial charge on any atom is -0.437 e. The van der Waals surface area contributed by atoms with Crippen LogP contribution in [0.2, 0.25) is 0 Å². The second-order valence-corrected chi connectivity index (χ2v) is 11.4. The number of fused-ring (bicyclic) bond motifs is 1. The molecule has 1 atom stereocenters. The molecule has 0 amide bonds. The Morgan fingerprint density at radius 3 is 2.67 bits per heavy atom. The molecule has 0 bridgehead atoms. The van der Waals surface area contributed by atoms with Gasteiger partial charge in [0.05, 0.1) is 22.7 Å². The van der Waals surface area contributed by atoms with E-state index in [0.29, 0.717) is 27.8 Å². The average Bonchev–Trinajstić information content (AvgIpc) is 3.76. The number of ether oxygens (including phenoxy) is 1. The van der Waals surface area contributed by atoms with Gasteiger partial charge in [-0.05, 0) is 73.4 Å². The number of rotatable bonds is 7. The minimum atomic E-state index is -3.71. The number of anilines is 2. The van der Waals surface area contributed by atoms with Crippen molar-refractivity contribution in [2.75, 3.05) is 16.2 Å². The summed E-state index contributed by atoms with van der Waals surface area (Å²) in [5.74, 6) is 0.364. The third-order valence-electron chi connectivity index (χ3n) is 7.15. The number of aryl methyl sites for hydroxylation is 1. The molecular weight excluding hydrogens is 481 g/mol. The first-order chi connectivity index (χ1) is 17.2. The van der Waals surface area contributed by atoms with Crippen LogP contribution in [-0.2, 0) is 10.0 Å². The Hall–Kier alpha value is -3.79. The molecule has 36 heavy (non-hydrogen) atoms. The van der Waals surface area contributed by atoms with E-state index in [1.54, 1.807) is 48.8 Å². The molecule has 0 unspecified atom stereocenters. The largest absolute Gasteiger partial charge is 0.437 e. The van der Waals surface area contributed by atoms with Gasteiger partial charge in [-0.25, -0.2) is 27.8 Å². The van der Waals surface area contributed by atoms with E-state index in [0.717, 1.165) is 24.8 Å². The molecule has 2 aromatic heterocycles. The van der Waals surface area contributed by atoms with Crippen molar-refractivity contribution in [1.29, 1.82) is 0 Å². The average molecular weight is 506 g/mol. The molecule has 2 aliphatic rings. The fourth-order valence-corrected chi connectivity index (χ4v) is 6.49. The Bertz CT molecular complexity index is 1620. The molecule has 2 heterocycles. The van der Waals surface area contributed by atoms with Gasteiger partial charge in [0.25, 0.3) is 0 Å². The van der Waals surface area contributed by atoms with Crippen LogP contribution >= 0.6 is 0 Å². The molecule has 4 aromatic rings. The third kappa shape index (κ3) is 4.11. The molecule has 184 valence electrons. The molecule has 2 fully saturated rings. The van der Waals surface area contributed by atoms with Crippen molar-refractivity contribution in [3.8, 4) is 22.9 Å². The van der Waals surface area contributed by atoms with Crippen molar-refractivity contribution in [3.63, 3.8) is 0 Å². The molecular formula is C26H24FN5O3S. The number of nitrogens with zero attached hydrogens (tertiary/aromatic N) is 3. The van der Waals surface area contributed by atoms with Gasteiger partial charge in [0.15, 0.2) is 0 Å². The smallest absolute Gasteiger partial charge is 0.233 e. The van der Waals surface area contributed by atoms with Gasteiger partial charge >= 0.3 is 0 Å². The number of hydrogen-bond donors (Lipinski definition) is 2. The zero-order chi connectivity index (χ0) is 25.1. The van der Waals surface area contributed by atoms with Crippen LogP contribution in [0.5, 0.6) is 11.6 Å². The number of nitrogens with two attached hydrogens (primary N) is 1. The van der Waals surface area contributed by atoms with Crippen LogP contribution in [0.15, 0.2) is 54.9 Å². The van der Waals surface area contributed by atoms with E-state index >= 15 is 0 Å². The van der Waals surface area contributed by atoms with Gasteiger partial charge in [0.1, 0.15) is 11.6 Å². The van der Waals surface area contributed by atoms with Crippen LogP contribution < -0.4 is 15.2 Å². The quantitative estimate of drug-likeness (QED) is 0.360. The molecule has 8 nitrogen and oxygen atoms in total. The summed E-state index contributed by atoms with van der Waals surface area (Å²) in [6.45, 7) is 1.86. The van der Waals surface area contributed by atoms with Crippen LogP contribution in [0.4, 0.5) is 16.0 Å². The minimum absolute atomic E-state index is 0.0113. The van der Waals surface area contributed by atoms with Crippen molar-refractivity contribution >= 4 is 32.4 Å². The van der Waals surface area contributed by atoms with E-state index in [1.807, 2.05) is 6.92 Å². The zero-order valence-electron chi connectivity index (χ0n) is 19.5. The standard InChI is InChI=1S/C26H24FN5O3S/c1-15-4-5-17-18(6-7-20(27)22(17)32-36(33,34)14-16-13-26(16)9-10-26)23(15)35-24-19(3-2-11-29-24)21-8-12-30-25(28)31-21/h2-8,11-12,16,32H,9-10,13-14H2,1H3,(H2,28,30,31)/t16-/m0/s1. The number of nitrogen functional groups attached to an aromatic ring is 1. The Labute approximate surface area is 207 Å². The van der Waals surface area contributed by atoms with Gasteiger partial charge in [-0.3, -0.25) is 4.72 Å². The maximum atomic E-state index is 14.9. The lowest BCUT2D eigenvalue weighted by Gasteiger charge is -2.17. The highest BCUT2D eigenvalue weighted by Gasteiger charge is 2.63. The second kappa shape index (κ2) is 8.12. The molecule has 0 aliphatic heterocycles. The maximum Gasteiger partial charge on any atom is 0.233 e. The van der Waals surface area contributed by atoms with Crippen molar-refractivity contribution in [2.45, 2.75) is 26.2 Å². The Morgan fingerprint density at radius 1 is 1.11 bits per heavy atom. The molecule has 2 saturated carbocycles. The summed E-state index contributed by atoms with van der Waals surface area (Å²) in [5.41, 5.74) is 7.83. The maximum absolute atomic E-state index is 14.9. The molecule has 1 spiro atoms. The fraction of sp³-hybridized carbons (Fsp3) is 0.269. The van der Waals surface area contributed by atoms with E-state index in [1.165, 1.54) is 6.07 Å². The van der Waals surface area contributed by atoms with E-state index in [-0.39, 0.29) is 34.6 Å². The van der Waals surface area contributed by atoms with Gasteiger partial charge in [-0.1, -0.05) is 12.1 Å². The number of pyridine rings is 1. The first kappa shape index (κ1) is 22.7. The molecule has 0 radical (unpaired) electrons. The topological polar surface area (TPSA) is 120 Å². The summed E-state index contributed by atoms with van der Waals surface area (Å²) in [6, 6.07) is 11.5. The van der Waals surface area contributed by atoms with E-state index in [4.69, 9.17) is 10.5 Å². The van der Waals surface area contributed by atoms with Gasteiger partial charge < -0.3 is 10.5 Å². The zero-order valence-corrected chi connectivity index (χ0v) is 20.3. The summed E-state index contributed by atoms with van der Waals surface area (Å²) in [7, 11) is -3.71. The van der Waals surface area contributed by atoms with Crippen LogP contribution in [-0.4, -0.2) is 29.1 Å². The summed E-state index contributed by atoms with van der Waals surface area (Å²) in [5, 5.41) is 0.956. The first-order valence-corrected chi connectivity index (χ1v) is 13.3. The summed E-state index contributed by atoms with van der Waals surface area (Å²) in [6.07, 6.45) is 6.26. The Kier molecular flexibility index (Phi) is 5.11. The van der Waals surface area contributed by atoms with E-state index in [2.05, 4.69) is 19.7 Å². The number of halogens is 1. The lowest BCUT2D eigenvalue weighted by Crippen LogP contribution is -2.19. The number of nitrogens with one attached hydrogen (secondary N) is 1. The molecule has 0 saturated heterocycles. The summed E-state index contributed by atoms with van der Waals surface area (Å²) < 4.78 is 49.5. The highest BCUT2D eigenvalue weighted by atomic mass is 32.2. The number of sulfonamides is 1. The predicted octanol–water partition coefficient (Wildman–Crippen LogP) is 5.06. The highest BCUT2D eigenvalue weighted by Crippen LogP contribution is 2.70. The molecule has 10 heteroatoms. The summed E-state index contributed by atoms with van der Waals surface area (Å²) in [4.78, 5) is 12.6. The normalized spacial score (nSPS) is 17.8. The van der Waals surface area contributed by atoms with Crippen LogP contribution in [0, 0.1) is 24.1 Å². The van der Waals surface area contributed by atoms with Crippen LogP contribution in [0.3, 0.4) is 0 Å². The van der Waals surface area contributed by atoms with E-state index in [9.17, 15) is 12.8 Å². The van der Waals surface area contributed by atoms with Crippen molar-refractivity contribution in [3.05, 3.63) is 66.2 Å². The second-order valence-electron chi connectivity index (χ2n) is 9.63. The third-order valence-corrected chi connectivity index (χ3v) is 8.50. The molecule has 3 N–H and O–H groups in total. The SMILES string of the molecule is Cc1ccc2c(NS(=O)(=O)C[C@@H]3CC34CC4)c(F)ccc2c1Oc1ncccc1-c1ccnc(N)n1. The Balaban J connectivity index is 1.38. The van der Waals surface area contributed by atoms with E-state index < -0.39 is 15.8 Å². The molecule has 2 aromatic carbocycles. The molecule has 2 aliphatic carbocycles. The number of benzene rings is 2. The highest BCUT2D eigenvalue weighted by molar-refractivity contribution is 7.92. The van der Waals surface area contributed by atoms with Gasteiger partial charge in [-0.15, -0.1) is 0 Å². The first-order valence-electron chi connectivity index (χ1n) is 11.7. The number of hydrogen-bond acceptors (Lipinski definition) is 7. The lowest BCUT2D eigenvalue weighted by molar-refractivity contribution is 0.466. The lowest BCUT2D eigenvalue weighted by atomic mass is 10.0. The van der Waals surface area contributed by atoms with Crippen LogP contribution in [0.1, 0.15) is 24.8 Å². The Morgan fingerprint density at radius 2 is 1.92 bits per heavy atom. The monoisotopic (exact) mass is 505 g/mol. The van der Waals surface area contributed by atoms with Crippen molar-refractivity contribution < 1.29 is 17.5 Å². The van der Waals surface area contributed by atoms with Gasteiger partial charge in [0.2, 0.25) is 21.9 Å². The number of aromatic nitrogens is 3. The van der Waals surface area contributed by atoms with Crippen LogP contribution in [0.25, 0.3) is 22.0 Å². The van der Waals surface area contributed by atoms with Crippen molar-refractivity contribution in [1.82, 2.24) is 15.0 Å². The van der Waals surface area contributed by atoms with Gasteiger partial charge in [-0.2, -0.15) is 0 Å². The predicted molar refractivity (Wildman–Crippen MR) is 136 cm³/mol.